The molecule has 3 rings (SSSR count). The number of nitrogens with one attached hydrogen (secondary N) is 3. The third kappa shape index (κ3) is 4.66. The molecule has 2 aromatic rings. The standard InChI is InChI=1S/C20H25N3O/c1-17-7-5-6-10-19(17)21-20(24)16-23-13-11-22(12-14-23)15-18-8-3-2-4-9-18/h2-10H,11-16H2,1H3,(H,21,24)/p+2. The van der Waals surface area contributed by atoms with Crippen molar-refractivity contribution in [1.82, 2.24) is 0 Å². The first-order chi connectivity index (χ1) is 11.7. The Balaban J connectivity index is 1.43. The molecule has 0 radical (unpaired) electrons. The van der Waals surface area contributed by atoms with Gasteiger partial charge in [0, 0.05) is 11.3 Å². The second-order valence-corrected chi connectivity index (χ2v) is 6.70. The van der Waals surface area contributed by atoms with E-state index in [2.05, 4.69) is 35.6 Å². The number of piperazine rings is 1. The highest BCUT2D eigenvalue weighted by Gasteiger charge is 2.24. The van der Waals surface area contributed by atoms with Crippen molar-refractivity contribution in [3.8, 4) is 0 Å². The minimum absolute atomic E-state index is 0.116. The number of hydrogen-bond donors (Lipinski definition) is 3. The number of anilines is 1. The molecule has 1 fully saturated rings. The van der Waals surface area contributed by atoms with Crippen LogP contribution in [0.3, 0.4) is 0 Å². The fourth-order valence-corrected chi connectivity index (χ4v) is 3.33. The third-order valence-electron chi connectivity index (χ3n) is 4.79. The highest BCUT2D eigenvalue weighted by molar-refractivity contribution is 5.92. The number of benzene rings is 2. The second kappa shape index (κ2) is 8.08. The Kier molecular flexibility index (Phi) is 5.62. The zero-order chi connectivity index (χ0) is 16.8. The van der Waals surface area contributed by atoms with Gasteiger partial charge in [0.2, 0.25) is 0 Å². The van der Waals surface area contributed by atoms with E-state index in [0.29, 0.717) is 6.54 Å². The van der Waals surface area contributed by atoms with Crippen molar-refractivity contribution in [2.75, 3.05) is 38.0 Å². The highest BCUT2D eigenvalue weighted by atomic mass is 16.2. The Hall–Kier alpha value is -2.17. The van der Waals surface area contributed by atoms with Crippen molar-refractivity contribution in [3.63, 3.8) is 0 Å². The molecule has 4 nitrogen and oxygen atoms in total. The number of rotatable bonds is 5. The van der Waals surface area contributed by atoms with Crippen molar-refractivity contribution >= 4 is 11.6 Å². The van der Waals surface area contributed by atoms with E-state index in [9.17, 15) is 4.79 Å². The Labute approximate surface area is 144 Å². The van der Waals surface area contributed by atoms with Crippen molar-refractivity contribution in [2.45, 2.75) is 13.5 Å². The van der Waals surface area contributed by atoms with Crippen LogP contribution in [0.2, 0.25) is 0 Å². The van der Waals surface area contributed by atoms with E-state index in [4.69, 9.17) is 0 Å². The number of carbonyl (C=O) groups excluding carboxylic acids is 1. The Morgan fingerprint density at radius 1 is 0.917 bits per heavy atom. The zero-order valence-corrected chi connectivity index (χ0v) is 14.3. The van der Waals surface area contributed by atoms with Crippen LogP contribution in [-0.4, -0.2) is 38.6 Å². The minimum Gasteiger partial charge on any atom is -0.322 e. The van der Waals surface area contributed by atoms with E-state index in [0.717, 1.165) is 44.0 Å². The van der Waals surface area contributed by atoms with Crippen LogP contribution in [0.5, 0.6) is 0 Å². The second-order valence-electron chi connectivity index (χ2n) is 6.70. The monoisotopic (exact) mass is 325 g/mol. The summed E-state index contributed by atoms with van der Waals surface area (Å²) in [6.45, 7) is 8.04. The molecular formula is C20H27N3O+2. The van der Waals surface area contributed by atoms with E-state index in [1.165, 1.54) is 10.5 Å². The number of hydrogen-bond acceptors (Lipinski definition) is 1. The van der Waals surface area contributed by atoms with E-state index < -0.39 is 0 Å². The third-order valence-corrected chi connectivity index (χ3v) is 4.79. The van der Waals surface area contributed by atoms with Gasteiger partial charge in [-0.1, -0.05) is 48.5 Å². The van der Waals surface area contributed by atoms with Crippen LogP contribution < -0.4 is 15.1 Å². The van der Waals surface area contributed by atoms with Gasteiger partial charge >= 0.3 is 0 Å². The summed E-state index contributed by atoms with van der Waals surface area (Å²) in [5, 5.41) is 3.04. The number of aryl methyl sites for hydroxylation is 1. The van der Waals surface area contributed by atoms with Crippen LogP contribution >= 0.6 is 0 Å². The lowest BCUT2D eigenvalue weighted by Gasteiger charge is -2.29. The molecule has 0 bridgehead atoms. The Morgan fingerprint density at radius 2 is 1.54 bits per heavy atom. The van der Waals surface area contributed by atoms with Gasteiger partial charge in [-0.25, -0.2) is 0 Å². The molecule has 4 heteroatoms. The van der Waals surface area contributed by atoms with Gasteiger partial charge in [-0.2, -0.15) is 0 Å². The predicted octanol–water partition coefficient (Wildman–Crippen LogP) is -0.0829. The van der Waals surface area contributed by atoms with Gasteiger partial charge in [-0.3, -0.25) is 4.79 Å². The first-order valence-corrected chi connectivity index (χ1v) is 8.77. The molecule has 2 aromatic carbocycles. The molecule has 1 aliphatic rings. The van der Waals surface area contributed by atoms with Crippen molar-refractivity contribution in [3.05, 3.63) is 65.7 Å². The Bertz CT molecular complexity index is 664. The summed E-state index contributed by atoms with van der Waals surface area (Å²) in [6.07, 6.45) is 0. The fourth-order valence-electron chi connectivity index (χ4n) is 3.33. The van der Waals surface area contributed by atoms with Crippen LogP contribution in [0.15, 0.2) is 54.6 Å². The van der Waals surface area contributed by atoms with Crippen molar-refractivity contribution < 1.29 is 14.6 Å². The summed E-state index contributed by atoms with van der Waals surface area (Å²) in [4.78, 5) is 15.3. The van der Waals surface area contributed by atoms with Gasteiger partial charge in [0.1, 0.15) is 32.7 Å². The lowest BCUT2D eigenvalue weighted by atomic mass is 10.2. The van der Waals surface area contributed by atoms with Crippen molar-refractivity contribution in [2.24, 2.45) is 0 Å². The number of para-hydroxylation sites is 1. The van der Waals surface area contributed by atoms with Crippen LogP contribution in [-0.2, 0) is 11.3 Å². The predicted molar refractivity (Wildman–Crippen MR) is 96.2 cm³/mol. The molecule has 0 atom stereocenters. The smallest absolute Gasteiger partial charge is 0.279 e. The summed E-state index contributed by atoms with van der Waals surface area (Å²) in [7, 11) is 0. The fraction of sp³-hybridized carbons (Fsp3) is 0.350. The van der Waals surface area contributed by atoms with E-state index in [1.807, 2.05) is 31.2 Å². The molecule has 0 saturated carbocycles. The maximum atomic E-state index is 12.3. The summed E-state index contributed by atoms with van der Waals surface area (Å²) in [5.41, 5.74) is 3.43. The summed E-state index contributed by atoms with van der Waals surface area (Å²) >= 11 is 0. The number of carbonyl (C=O) groups is 1. The van der Waals surface area contributed by atoms with Crippen LogP contribution in [0.1, 0.15) is 11.1 Å². The lowest BCUT2D eigenvalue weighted by Crippen LogP contribution is -3.28. The van der Waals surface area contributed by atoms with Crippen LogP contribution in [0.4, 0.5) is 5.69 Å². The first-order valence-electron chi connectivity index (χ1n) is 8.77. The Morgan fingerprint density at radius 3 is 2.25 bits per heavy atom. The van der Waals surface area contributed by atoms with E-state index in [1.54, 1.807) is 4.90 Å². The zero-order valence-electron chi connectivity index (χ0n) is 14.3. The average molecular weight is 325 g/mol. The van der Waals surface area contributed by atoms with Crippen molar-refractivity contribution in [1.29, 1.82) is 0 Å². The number of quaternary nitrogens is 2. The maximum Gasteiger partial charge on any atom is 0.279 e. The molecule has 126 valence electrons. The van der Waals surface area contributed by atoms with Crippen LogP contribution in [0, 0.1) is 6.92 Å². The minimum atomic E-state index is 0.116. The van der Waals surface area contributed by atoms with Gasteiger partial charge in [0.25, 0.3) is 5.91 Å². The van der Waals surface area contributed by atoms with Gasteiger partial charge < -0.3 is 15.1 Å². The topological polar surface area (TPSA) is 38.0 Å². The molecular weight excluding hydrogens is 298 g/mol. The molecule has 3 N–H and O–H groups in total. The number of amides is 1. The SMILES string of the molecule is Cc1ccccc1NC(=O)C[NH+]1CC[NH+](Cc2ccccc2)CC1. The van der Waals surface area contributed by atoms with Crippen LogP contribution in [0.25, 0.3) is 0 Å². The first kappa shape index (κ1) is 16.7. The molecule has 0 aliphatic carbocycles. The molecule has 0 aromatic heterocycles. The molecule has 0 unspecified atom stereocenters. The average Bonchev–Trinajstić information content (AvgIpc) is 2.60. The summed E-state index contributed by atoms with van der Waals surface area (Å²) in [5.74, 6) is 0.116. The summed E-state index contributed by atoms with van der Waals surface area (Å²) in [6, 6.07) is 18.6. The normalized spacial score (nSPS) is 20.5. The van der Waals surface area contributed by atoms with Gasteiger partial charge in [-0.15, -0.1) is 0 Å². The lowest BCUT2D eigenvalue weighted by molar-refractivity contribution is -1.02. The highest BCUT2D eigenvalue weighted by Crippen LogP contribution is 2.12. The molecule has 0 spiro atoms. The largest absolute Gasteiger partial charge is 0.322 e. The van der Waals surface area contributed by atoms with Gasteiger partial charge in [0.05, 0.1) is 0 Å². The quantitative estimate of drug-likeness (QED) is 0.707. The van der Waals surface area contributed by atoms with E-state index >= 15 is 0 Å². The van der Waals surface area contributed by atoms with Gasteiger partial charge in [0.15, 0.2) is 6.54 Å². The van der Waals surface area contributed by atoms with Gasteiger partial charge in [-0.05, 0) is 18.6 Å². The summed E-state index contributed by atoms with van der Waals surface area (Å²) < 4.78 is 0. The molecule has 1 heterocycles. The molecule has 1 saturated heterocycles. The van der Waals surface area contributed by atoms with E-state index in [-0.39, 0.29) is 5.91 Å². The maximum absolute atomic E-state index is 12.3. The molecule has 1 amide bonds. The molecule has 1 aliphatic heterocycles. The molecule has 24 heavy (non-hydrogen) atoms.